The van der Waals surface area contributed by atoms with E-state index in [-0.39, 0.29) is 11.3 Å². The highest BCUT2D eigenvalue weighted by atomic mass is 127. The number of ketones is 1. The Bertz CT molecular complexity index is 304. The lowest BCUT2D eigenvalue weighted by molar-refractivity contribution is -0.259. The van der Waals surface area contributed by atoms with Crippen LogP contribution in [-0.2, 0) is 4.79 Å². The second-order valence-electron chi connectivity index (χ2n) is 5.71. The van der Waals surface area contributed by atoms with Gasteiger partial charge in [-0.3, -0.25) is 4.79 Å². The van der Waals surface area contributed by atoms with Crippen molar-refractivity contribution in [1.82, 2.24) is 5.06 Å². The number of piperidine rings is 1. The number of carbonyl (C=O) groups excluding carboxylic acids is 1. The minimum absolute atomic E-state index is 0.00708. The molecule has 0 aromatic heterocycles. The van der Waals surface area contributed by atoms with Gasteiger partial charge in [-0.1, -0.05) is 22.6 Å². The van der Waals surface area contributed by atoms with E-state index in [1.54, 1.807) is 0 Å². The molecule has 1 aliphatic rings. The maximum Gasteiger partial charge on any atom is 0.164 e. The summed E-state index contributed by atoms with van der Waals surface area (Å²) in [6.07, 6.45) is 1.33. The maximum absolute atomic E-state index is 12.0. The number of hydroxylamine groups is 2. The Morgan fingerprint density at radius 2 is 1.88 bits per heavy atom. The van der Waals surface area contributed by atoms with Crippen molar-refractivity contribution in [2.24, 2.45) is 5.73 Å². The van der Waals surface area contributed by atoms with Crippen LogP contribution in [0.1, 0.15) is 40.5 Å². The first-order valence-electron chi connectivity index (χ1n) is 5.47. The third kappa shape index (κ3) is 1.91. The summed E-state index contributed by atoms with van der Waals surface area (Å²) in [6.45, 7) is 7.59. The number of nitrogens with two attached hydrogens (primary N) is 1. The summed E-state index contributed by atoms with van der Waals surface area (Å²) in [5.74, 6) is 0.00708. The van der Waals surface area contributed by atoms with E-state index in [1.807, 2.05) is 50.3 Å². The molecule has 94 valence electrons. The van der Waals surface area contributed by atoms with Crippen molar-refractivity contribution in [3.8, 4) is 0 Å². The largest absolute Gasteiger partial charge is 0.317 e. The molecule has 0 radical (unpaired) electrons. The molecule has 0 aromatic carbocycles. The van der Waals surface area contributed by atoms with Crippen LogP contribution < -0.4 is 5.73 Å². The number of alkyl halides is 1. The molecule has 0 aromatic rings. The van der Waals surface area contributed by atoms with Gasteiger partial charge in [-0.05, 0) is 40.5 Å². The fourth-order valence-corrected chi connectivity index (χ4v) is 3.14. The molecule has 1 rings (SSSR count). The highest BCUT2D eigenvalue weighted by Gasteiger charge is 2.57. The average molecular weight is 340 g/mol. The molecular formula is C11H21IN2O2. The van der Waals surface area contributed by atoms with E-state index in [2.05, 4.69) is 0 Å². The molecule has 1 saturated heterocycles. The Labute approximate surface area is 111 Å². The van der Waals surface area contributed by atoms with E-state index in [1.165, 1.54) is 5.06 Å². The molecule has 0 saturated carbocycles. The third-order valence-electron chi connectivity index (χ3n) is 3.94. The maximum atomic E-state index is 12.0. The first-order valence-corrected chi connectivity index (χ1v) is 6.99. The molecule has 1 heterocycles. The minimum atomic E-state index is -0.960. The van der Waals surface area contributed by atoms with Crippen molar-refractivity contribution >= 4 is 28.4 Å². The zero-order valence-corrected chi connectivity index (χ0v) is 12.5. The van der Waals surface area contributed by atoms with Crippen molar-refractivity contribution in [3.63, 3.8) is 0 Å². The van der Waals surface area contributed by atoms with Gasteiger partial charge in [0, 0.05) is 5.54 Å². The number of halogens is 1. The summed E-state index contributed by atoms with van der Waals surface area (Å²) in [5.41, 5.74) is 4.21. The van der Waals surface area contributed by atoms with Crippen LogP contribution in [0.3, 0.4) is 0 Å². The van der Waals surface area contributed by atoms with Gasteiger partial charge < -0.3 is 10.9 Å². The second-order valence-corrected chi connectivity index (χ2v) is 6.47. The van der Waals surface area contributed by atoms with Gasteiger partial charge in [0.15, 0.2) is 5.78 Å². The zero-order valence-electron chi connectivity index (χ0n) is 10.4. The predicted octanol–water partition coefficient (Wildman–Crippen LogP) is 1.73. The Kier molecular flexibility index (Phi) is 3.75. The summed E-state index contributed by atoms with van der Waals surface area (Å²) < 4.78 is 0.381. The summed E-state index contributed by atoms with van der Waals surface area (Å²) in [7, 11) is 0. The van der Waals surface area contributed by atoms with Gasteiger partial charge in [0.1, 0.15) is 0 Å². The Morgan fingerprint density at radius 3 is 2.31 bits per heavy atom. The molecule has 1 fully saturated rings. The normalized spacial score (nSPS) is 33.7. The quantitative estimate of drug-likeness (QED) is 0.594. The van der Waals surface area contributed by atoms with Gasteiger partial charge in [0.25, 0.3) is 0 Å². The molecule has 4 nitrogen and oxygen atoms in total. The lowest BCUT2D eigenvalue weighted by Gasteiger charge is -2.57. The van der Waals surface area contributed by atoms with Crippen LogP contribution in [0.2, 0.25) is 0 Å². The molecule has 1 atom stereocenters. The van der Waals surface area contributed by atoms with E-state index < -0.39 is 11.1 Å². The molecule has 0 bridgehead atoms. The third-order valence-corrected chi connectivity index (χ3v) is 4.64. The van der Waals surface area contributed by atoms with Crippen LogP contribution >= 0.6 is 22.6 Å². The zero-order chi connectivity index (χ0) is 12.8. The molecule has 1 unspecified atom stereocenters. The number of Topliss-reactive ketones (excluding diaryl/α,β-unsaturated/α-hetero) is 1. The lowest BCUT2D eigenvalue weighted by atomic mass is 9.67. The van der Waals surface area contributed by atoms with Crippen LogP contribution in [0.15, 0.2) is 0 Å². The van der Waals surface area contributed by atoms with E-state index in [0.717, 1.165) is 0 Å². The Hall–Kier alpha value is 0.280. The second kappa shape index (κ2) is 4.19. The number of hydrogen-bond donors (Lipinski definition) is 2. The number of carbonyl (C=O) groups is 1. The van der Waals surface area contributed by atoms with Crippen LogP contribution in [-0.4, -0.2) is 37.1 Å². The molecule has 0 amide bonds. The first kappa shape index (κ1) is 14.3. The van der Waals surface area contributed by atoms with Crippen molar-refractivity contribution < 1.29 is 10.0 Å². The standard InChI is InChI=1S/C11H21IN2O2/c1-9(2)5-6-11(13,8(15)7-12)10(3,4)14(9)16/h16H,5-7,13H2,1-4H3. The van der Waals surface area contributed by atoms with Crippen molar-refractivity contribution in [2.45, 2.75) is 57.2 Å². The predicted molar refractivity (Wildman–Crippen MR) is 71.8 cm³/mol. The highest BCUT2D eigenvalue weighted by Crippen LogP contribution is 2.42. The van der Waals surface area contributed by atoms with E-state index in [0.29, 0.717) is 17.3 Å². The first-order chi connectivity index (χ1) is 7.09. The number of hydrogen-bond acceptors (Lipinski definition) is 4. The van der Waals surface area contributed by atoms with Gasteiger partial charge in [-0.25, -0.2) is 0 Å². The van der Waals surface area contributed by atoms with Crippen LogP contribution in [0.5, 0.6) is 0 Å². The summed E-state index contributed by atoms with van der Waals surface area (Å²) in [4.78, 5) is 12.0. The van der Waals surface area contributed by atoms with Crippen LogP contribution in [0.4, 0.5) is 0 Å². The summed E-state index contributed by atoms with van der Waals surface area (Å²) >= 11 is 2.03. The van der Waals surface area contributed by atoms with Crippen LogP contribution in [0, 0.1) is 0 Å². The fourth-order valence-electron chi connectivity index (χ4n) is 2.46. The summed E-state index contributed by atoms with van der Waals surface area (Å²) in [6, 6.07) is 0. The van der Waals surface area contributed by atoms with Gasteiger partial charge in [0.2, 0.25) is 0 Å². The molecule has 0 aliphatic carbocycles. The topological polar surface area (TPSA) is 66.6 Å². The van der Waals surface area contributed by atoms with Gasteiger partial charge in [0.05, 0.1) is 15.5 Å². The molecule has 0 spiro atoms. The van der Waals surface area contributed by atoms with Gasteiger partial charge in [-0.2, -0.15) is 5.06 Å². The molecule has 5 heteroatoms. The number of rotatable bonds is 2. The fraction of sp³-hybridized carbons (Fsp3) is 0.909. The molecule has 3 N–H and O–H groups in total. The Morgan fingerprint density at radius 1 is 1.38 bits per heavy atom. The smallest absolute Gasteiger partial charge is 0.164 e. The minimum Gasteiger partial charge on any atom is -0.317 e. The van der Waals surface area contributed by atoms with Crippen molar-refractivity contribution in [3.05, 3.63) is 0 Å². The highest BCUT2D eigenvalue weighted by molar-refractivity contribution is 14.1. The summed E-state index contributed by atoms with van der Waals surface area (Å²) in [5, 5.41) is 11.5. The van der Waals surface area contributed by atoms with Crippen molar-refractivity contribution in [2.75, 3.05) is 4.43 Å². The van der Waals surface area contributed by atoms with E-state index >= 15 is 0 Å². The number of nitrogens with zero attached hydrogens (tertiary/aromatic N) is 1. The van der Waals surface area contributed by atoms with Gasteiger partial charge >= 0.3 is 0 Å². The van der Waals surface area contributed by atoms with Crippen LogP contribution in [0.25, 0.3) is 0 Å². The SMILES string of the molecule is CC1(C)CCC(N)(C(=O)CI)C(C)(C)N1O. The Balaban J connectivity index is 3.14. The van der Waals surface area contributed by atoms with E-state index in [4.69, 9.17) is 5.73 Å². The lowest BCUT2D eigenvalue weighted by Crippen LogP contribution is -2.75. The molecule has 16 heavy (non-hydrogen) atoms. The monoisotopic (exact) mass is 340 g/mol. The molecular weight excluding hydrogens is 319 g/mol. The van der Waals surface area contributed by atoms with E-state index in [9.17, 15) is 10.0 Å². The molecule has 1 aliphatic heterocycles. The van der Waals surface area contributed by atoms with Gasteiger partial charge in [-0.15, -0.1) is 0 Å². The van der Waals surface area contributed by atoms with Crippen molar-refractivity contribution in [1.29, 1.82) is 0 Å². The average Bonchev–Trinajstić information content (AvgIpc) is 2.21.